The molecule has 1 N–H and O–H groups in total. The Kier molecular flexibility index (Phi) is 4.05. The number of carbonyl (C=O) groups is 1. The Labute approximate surface area is 141 Å². The third-order valence-corrected chi connectivity index (χ3v) is 6.27. The molecule has 2 saturated heterocycles. The van der Waals surface area contributed by atoms with Crippen molar-refractivity contribution < 1.29 is 19.2 Å². The van der Waals surface area contributed by atoms with E-state index in [4.69, 9.17) is 9.31 Å². The van der Waals surface area contributed by atoms with E-state index in [0.29, 0.717) is 12.8 Å². The van der Waals surface area contributed by atoms with E-state index in [-0.39, 0.29) is 0 Å². The molecule has 0 amide bonds. The van der Waals surface area contributed by atoms with Gasteiger partial charge in [-0.2, -0.15) is 16.9 Å². The molecular formula is C15H23BN2O4S. The number of hydrogen-bond acceptors (Lipinski definition) is 5. The molecule has 8 heteroatoms. The predicted molar refractivity (Wildman–Crippen MR) is 90.1 cm³/mol. The monoisotopic (exact) mass is 338 g/mol. The van der Waals surface area contributed by atoms with E-state index in [2.05, 4.69) is 5.10 Å². The molecule has 126 valence electrons. The van der Waals surface area contributed by atoms with Gasteiger partial charge in [-0.3, -0.25) is 4.68 Å². The molecule has 1 aromatic heterocycles. The van der Waals surface area contributed by atoms with E-state index in [9.17, 15) is 9.90 Å². The number of carboxylic acids is 1. The van der Waals surface area contributed by atoms with E-state index in [1.54, 1.807) is 28.8 Å². The quantitative estimate of drug-likeness (QED) is 0.842. The van der Waals surface area contributed by atoms with Crippen molar-refractivity contribution in [2.24, 2.45) is 0 Å². The third kappa shape index (κ3) is 2.70. The maximum Gasteiger partial charge on any atom is 0.498 e. The zero-order valence-corrected chi connectivity index (χ0v) is 14.9. The molecule has 0 bridgehead atoms. The van der Waals surface area contributed by atoms with Crippen molar-refractivity contribution in [1.82, 2.24) is 9.78 Å². The molecule has 0 spiro atoms. The average molecular weight is 338 g/mol. The van der Waals surface area contributed by atoms with E-state index in [1.807, 2.05) is 27.7 Å². The second kappa shape index (κ2) is 5.53. The normalized spacial score (nSPS) is 25.5. The van der Waals surface area contributed by atoms with Gasteiger partial charge in [0, 0.05) is 17.9 Å². The Morgan fingerprint density at radius 3 is 2.35 bits per heavy atom. The Balaban J connectivity index is 1.88. The SMILES string of the molecule is CC1(C)OB(c2cnn(C3(C(=O)O)CCSCC3)c2)OC1(C)C. The van der Waals surface area contributed by atoms with Crippen LogP contribution in [0.5, 0.6) is 0 Å². The van der Waals surface area contributed by atoms with Crippen LogP contribution in [-0.4, -0.2) is 50.7 Å². The minimum absolute atomic E-state index is 0.425. The van der Waals surface area contributed by atoms with Crippen LogP contribution in [0.3, 0.4) is 0 Å². The van der Waals surface area contributed by atoms with Gasteiger partial charge in [-0.05, 0) is 52.0 Å². The molecule has 1 aromatic rings. The molecule has 3 rings (SSSR count). The molecule has 0 unspecified atom stereocenters. The van der Waals surface area contributed by atoms with Crippen LogP contribution in [0.2, 0.25) is 0 Å². The lowest BCUT2D eigenvalue weighted by Gasteiger charge is -2.33. The number of hydrogen-bond donors (Lipinski definition) is 1. The zero-order valence-electron chi connectivity index (χ0n) is 14.0. The van der Waals surface area contributed by atoms with Crippen molar-refractivity contribution in [2.45, 2.75) is 57.3 Å². The van der Waals surface area contributed by atoms with Gasteiger partial charge in [-0.15, -0.1) is 0 Å². The minimum Gasteiger partial charge on any atom is -0.479 e. The highest BCUT2D eigenvalue weighted by molar-refractivity contribution is 7.99. The summed E-state index contributed by atoms with van der Waals surface area (Å²) in [6.07, 6.45) is 4.59. The molecule has 6 nitrogen and oxygen atoms in total. The van der Waals surface area contributed by atoms with Crippen LogP contribution < -0.4 is 5.46 Å². The topological polar surface area (TPSA) is 73.6 Å². The maximum absolute atomic E-state index is 11.9. The van der Waals surface area contributed by atoms with Gasteiger partial charge in [0.05, 0.1) is 11.2 Å². The number of carboxylic acid groups (broad SMARTS) is 1. The molecule has 2 aliphatic rings. The first-order valence-electron chi connectivity index (χ1n) is 7.90. The van der Waals surface area contributed by atoms with Gasteiger partial charge in [-0.25, -0.2) is 4.79 Å². The average Bonchev–Trinajstić information content (AvgIpc) is 3.03. The fourth-order valence-electron chi connectivity index (χ4n) is 2.92. The van der Waals surface area contributed by atoms with Crippen molar-refractivity contribution in [3.63, 3.8) is 0 Å². The lowest BCUT2D eigenvalue weighted by Crippen LogP contribution is -2.45. The summed E-state index contributed by atoms with van der Waals surface area (Å²) in [6.45, 7) is 7.98. The summed E-state index contributed by atoms with van der Waals surface area (Å²) in [7, 11) is -0.516. The first-order valence-corrected chi connectivity index (χ1v) is 9.05. The smallest absolute Gasteiger partial charge is 0.479 e. The highest BCUT2D eigenvalue weighted by atomic mass is 32.2. The molecule has 2 fully saturated rings. The van der Waals surface area contributed by atoms with Crippen LogP contribution >= 0.6 is 11.8 Å². The second-order valence-corrected chi connectivity index (χ2v) is 8.48. The number of aliphatic carboxylic acids is 1. The van der Waals surface area contributed by atoms with Gasteiger partial charge in [-0.1, -0.05) is 0 Å². The highest BCUT2D eigenvalue weighted by Gasteiger charge is 2.52. The zero-order chi connectivity index (χ0) is 16.9. The first-order chi connectivity index (χ1) is 10.7. The summed E-state index contributed by atoms with van der Waals surface area (Å²) >= 11 is 1.79. The van der Waals surface area contributed by atoms with Crippen molar-refractivity contribution in [3.05, 3.63) is 12.4 Å². The van der Waals surface area contributed by atoms with Gasteiger partial charge < -0.3 is 14.4 Å². The van der Waals surface area contributed by atoms with Crippen LogP contribution in [-0.2, 0) is 19.6 Å². The molecule has 23 heavy (non-hydrogen) atoms. The van der Waals surface area contributed by atoms with E-state index >= 15 is 0 Å². The fraction of sp³-hybridized carbons (Fsp3) is 0.733. The number of thioether (sulfide) groups is 1. The van der Waals surface area contributed by atoms with E-state index in [1.165, 1.54) is 0 Å². The predicted octanol–water partition coefficient (Wildman–Crippen LogP) is 1.49. The number of aromatic nitrogens is 2. The lowest BCUT2D eigenvalue weighted by atomic mass is 9.81. The lowest BCUT2D eigenvalue weighted by molar-refractivity contribution is -0.148. The molecule has 3 heterocycles. The van der Waals surface area contributed by atoms with Crippen LogP contribution in [0.4, 0.5) is 0 Å². The highest BCUT2D eigenvalue weighted by Crippen LogP contribution is 2.37. The van der Waals surface area contributed by atoms with Crippen LogP contribution in [0.1, 0.15) is 40.5 Å². The van der Waals surface area contributed by atoms with E-state index < -0.39 is 29.8 Å². The molecule has 2 aliphatic heterocycles. The summed E-state index contributed by atoms with van der Waals surface area (Å²) in [4.78, 5) is 11.9. The number of rotatable bonds is 3. The van der Waals surface area contributed by atoms with Gasteiger partial charge in [0.2, 0.25) is 0 Å². The Bertz CT molecular complexity index is 594. The van der Waals surface area contributed by atoms with Crippen molar-refractivity contribution in [2.75, 3.05) is 11.5 Å². The second-order valence-electron chi connectivity index (χ2n) is 7.26. The maximum atomic E-state index is 11.9. The van der Waals surface area contributed by atoms with Gasteiger partial charge >= 0.3 is 13.1 Å². The van der Waals surface area contributed by atoms with Gasteiger partial charge in [0.15, 0.2) is 5.54 Å². The molecule has 0 radical (unpaired) electrons. The van der Waals surface area contributed by atoms with Crippen LogP contribution in [0.25, 0.3) is 0 Å². The molecule has 0 aromatic carbocycles. The van der Waals surface area contributed by atoms with Crippen molar-refractivity contribution in [3.8, 4) is 0 Å². The van der Waals surface area contributed by atoms with Crippen molar-refractivity contribution >= 4 is 30.3 Å². The largest absolute Gasteiger partial charge is 0.498 e. The van der Waals surface area contributed by atoms with Crippen LogP contribution in [0, 0.1) is 0 Å². The summed E-state index contributed by atoms with van der Waals surface area (Å²) in [5.74, 6) is 0.844. The standard InChI is InChI=1S/C15H23BN2O4S/c1-13(2)14(3,4)22-16(21-13)11-9-17-18(10-11)15(12(19)20)5-7-23-8-6-15/h9-10H,5-8H2,1-4H3,(H,19,20). The third-order valence-electron chi connectivity index (χ3n) is 5.28. The summed E-state index contributed by atoms with van der Waals surface area (Å²) in [6, 6.07) is 0. The molecular weight excluding hydrogens is 315 g/mol. The summed E-state index contributed by atoms with van der Waals surface area (Å²) < 4.78 is 13.6. The summed E-state index contributed by atoms with van der Waals surface area (Å²) in [5, 5.41) is 14.1. The molecule has 0 atom stereocenters. The summed E-state index contributed by atoms with van der Waals surface area (Å²) in [5.41, 5.74) is -1.03. The van der Waals surface area contributed by atoms with Gasteiger partial charge in [0.1, 0.15) is 0 Å². The van der Waals surface area contributed by atoms with E-state index in [0.717, 1.165) is 17.0 Å². The Morgan fingerprint density at radius 1 is 1.26 bits per heavy atom. The van der Waals surface area contributed by atoms with Gasteiger partial charge in [0.25, 0.3) is 0 Å². The Hall–Kier alpha value is -0.985. The molecule has 0 saturated carbocycles. The minimum atomic E-state index is -0.951. The van der Waals surface area contributed by atoms with Crippen LogP contribution in [0.15, 0.2) is 12.4 Å². The fourth-order valence-corrected chi connectivity index (χ4v) is 4.09. The Morgan fingerprint density at radius 2 is 1.83 bits per heavy atom. The first kappa shape index (κ1) is 16.9. The number of nitrogens with zero attached hydrogens (tertiary/aromatic N) is 2. The van der Waals surface area contributed by atoms with Crippen molar-refractivity contribution in [1.29, 1.82) is 0 Å². The molecule has 0 aliphatic carbocycles.